The van der Waals surface area contributed by atoms with Crippen molar-refractivity contribution in [2.45, 2.75) is 361 Å². The Bertz CT molecular complexity index is 1610. The van der Waals surface area contributed by atoms with Crippen LogP contribution in [0.4, 0.5) is 0 Å². The van der Waals surface area contributed by atoms with Crippen molar-refractivity contribution in [3.63, 3.8) is 0 Å². The van der Waals surface area contributed by atoms with E-state index in [4.69, 9.17) is 14.2 Å². The van der Waals surface area contributed by atoms with Crippen LogP contribution < -0.4 is 0 Å². The molecule has 0 heterocycles. The molecule has 0 aliphatic rings. The van der Waals surface area contributed by atoms with Crippen molar-refractivity contribution in [2.24, 2.45) is 0 Å². The van der Waals surface area contributed by atoms with Gasteiger partial charge in [-0.25, -0.2) is 0 Å². The van der Waals surface area contributed by atoms with Gasteiger partial charge >= 0.3 is 17.9 Å². The number of unbranched alkanes of at least 4 members (excludes halogenated alkanes) is 38. The third kappa shape index (κ3) is 69.0. The van der Waals surface area contributed by atoms with Gasteiger partial charge in [0.1, 0.15) is 13.2 Å². The Kier molecular flexibility index (Phi) is 67.7. The Morgan fingerprint density at radius 2 is 0.470 bits per heavy atom. The molecule has 0 rings (SSSR count). The van der Waals surface area contributed by atoms with Crippen LogP contribution in [-0.2, 0) is 28.6 Å². The number of hydrogen-bond donors (Lipinski definition) is 0. The molecule has 0 N–H and O–H groups in total. The van der Waals surface area contributed by atoms with Gasteiger partial charge in [0.25, 0.3) is 0 Å². The van der Waals surface area contributed by atoms with Gasteiger partial charge in [0.2, 0.25) is 0 Å². The molecule has 0 aliphatic heterocycles. The summed E-state index contributed by atoms with van der Waals surface area (Å²) in [6.45, 7) is 6.49. The molecule has 1 atom stereocenters. The smallest absolute Gasteiger partial charge is 0.306 e. The normalized spacial score (nSPS) is 12.7. The lowest BCUT2D eigenvalue weighted by atomic mass is 10.0. The fraction of sp³-hybridized carbons (Fsp3) is 0.753. The second-order valence-corrected chi connectivity index (χ2v) is 23.8. The van der Waals surface area contributed by atoms with E-state index in [-0.39, 0.29) is 31.1 Å². The molecular formula is C77H134O6. The highest BCUT2D eigenvalue weighted by atomic mass is 16.6. The van der Waals surface area contributed by atoms with Crippen LogP contribution in [0, 0.1) is 0 Å². The number of carbonyl (C=O) groups excluding carboxylic acids is 3. The summed E-state index contributed by atoms with van der Waals surface area (Å²) in [6, 6.07) is 0. The van der Waals surface area contributed by atoms with Crippen molar-refractivity contribution in [1.82, 2.24) is 0 Å². The Hall–Kier alpha value is -3.67. The minimum atomic E-state index is -0.789. The SMILES string of the molecule is CC/C=C\C/C=C\C/C=C\C/C=C\C/C=C\C/C=C\CCCCCCC(=O)OC(COC(=O)CCCCCCCCC)COC(=O)CCCCCCCCCCCCCCCCCCCCCCCCC/C=C\C/C=C\CCCCCCC. The van der Waals surface area contributed by atoms with E-state index in [1.165, 1.54) is 199 Å². The van der Waals surface area contributed by atoms with Gasteiger partial charge in [-0.1, -0.05) is 330 Å². The van der Waals surface area contributed by atoms with Crippen LogP contribution in [0.5, 0.6) is 0 Å². The second kappa shape index (κ2) is 70.8. The van der Waals surface area contributed by atoms with Gasteiger partial charge in [0.15, 0.2) is 6.10 Å². The zero-order valence-electron chi connectivity index (χ0n) is 54.9. The van der Waals surface area contributed by atoms with Crippen molar-refractivity contribution in [1.29, 1.82) is 0 Å². The summed E-state index contributed by atoms with van der Waals surface area (Å²) in [5, 5.41) is 0. The molecule has 0 amide bonds. The van der Waals surface area contributed by atoms with E-state index in [0.29, 0.717) is 19.3 Å². The maximum atomic E-state index is 12.9. The summed E-state index contributed by atoms with van der Waals surface area (Å²) in [5.41, 5.74) is 0. The Labute approximate surface area is 515 Å². The summed E-state index contributed by atoms with van der Waals surface area (Å²) in [6.07, 6.45) is 96.2. The number of hydrogen-bond acceptors (Lipinski definition) is 6. The summed E-state index contributed by atoms with van der Waals surface area (Å²) in [7, 11) is 0. The predicted octanol–water partition coefficient (Wildman–Crippen LogP) is 24.8. The van der Waals surface area contributed by atoms with Crippen molar-refractivity contribution in [3.05, 3.63) is 97.2 Å². The first-order valence-electron chi connectivity index (χ1n) is 35.7. The number of carbonyl (C=O) groups is 3. The monoisotopic (exact) mass is 1160 g/mol. The van der Waals surface area contributed by atoms with E-state index >= 15 is 0 Å². The molecule has 0 bridgehead atoms. The van der Waals surface area contributed by atoms with Gasteiger partial charge < -0.3 is 14.2 Å². The quantitative estimate of drug-likeness (QED) is 0.0261. The molecule has 478 valence electrons. The molecule has 0 spiro atoms. The third-order valence-electron chi connectivity index (χ3n) is 15.6. The fourth-order valence-corrected chi connectivity index (χ4v) is 10.2. The van der Waals surface area contributed by atoms with Crippen molar-refractivity contribution in [3.8, 4) is 0 Å². The van der Waals surface area contributed by atoms with E-state index in [9.17, 15) is 14.4 Å². The van der Waals surface area contributed by atoms with Crippen LogP contribution in [0.1, 0.15) is 355 Å². The average molecular weight is 1160 g/mol. The molecule has 0 radical (unpaired) electrons. The fourth-order valence-electron chi connectivity index (χ4n) is 10.2. The molecule has 0 aromatic carbocycles. The minimum Gasteiger partial charge on any atom is -0.462 e. The van der Waals surface area contributed by atoms with Crippen molar-refractivity contribution >= 4 is 17.9 Å². The molecule has 0 aliphatic carbocycles. The Balaban J connectivity index is 4.03. The van der Waals surface area contributed by atoms with Gasteiger partial charge in [-0.3, -0.25) is 14.4 Å². The summed E-state index contributed by atoms with van der Waals surface area (Å²) in [4.78, 5) is 38.2. The lowest BCUT2D eigenvalue weighted by molar-refractivity contribution is -0.167. The summed E-state index contributed by atoms with van der Waals surface area (Å²) < 4.78 is 16.9. The largest absolute Gasteiger partial charge is 0.462 e. The second-order valence-electron chi connectivity index (χ2n) is 23.8. The minimum absolute atomic E-state index is 0.0845. The van der Waals surface area contributed by atoms with Crippen LogP contribution in [0.2, 0.25) is 0 Å². The number of esters is 3. The van der Waals surface area contributed by atoms with E-state index in [1.54, 1.807) is 0 Å². The van der Waals surface area contributed by atoms with E-state index in [0.717, 1.165) is 116 Å². The molecule has 6 nitrogen and oxygen atoms in total. The first-order valence-corrected chi connectivity index (χ1v) is 35.7. The van der Waals surface area contributed by atoms with Gasteiger partial charge in [0, 0.05) is 19.3 Å². The van der Waals surface area contributed by atoms with Crippen LogP contribution in [0.15, 0.2) is 97.2 Å². The van der Waals surface area contributed by atoms with E-state index in [1.807, 2.05) is 0 Å². The first-order chi connectivity index (χ1) is 41.0. The Morgan fingerprint density at radius 3 is 0.735 bits per heavy atom. The molecule has 0 fully saturated rings. The average Bonchev–Trinajstić information content (AvgIpc) is 3.50. The highest BCUT2D eigenvalue weighted by molar-refractivity contribution is 5.71. The van der Waals surface area contributed by atoms with E-state index < -0.39 is 6.10 Å². The standard InChI is InChI=1S/C77H134O6/c1-4-7-10-13-16-18-20-22-24-26-28-30-32-33-34-35-36-37-38-39-40-41-42-43-45-46-48-50-52-54-56-58-61-64-67-70-76(79)82-73-74(72-81-75(78)69-66-63-60-15-12-9-6-3)83-77(80)71-68-65-62-59-57-55-53-51-49-47-44-31-29-27-25-23-21-19-17-14-11-8-5-2/h8,11,17,19-20,22-23,25-26,28-29,31,47,49,53,55,74H,4-7,9-10,12-16,18,21,24,27,30,32-46,48,50-52,54,56-73H2,1-3H3/b11-8-,19-17-,22-20-,25-23-,28-26-,31-29-,49-47-,55-53-. The highest BCUT2D eigenvalue weighted by Crippen LogP contribution is 2.18. The van der Waals surface area contributed by atoms with Crippen molar-refractivity contribution in [2.75, 3.05) is 13.2 Å². The number of ether oxygens (including phenoxy) is 3. The summed E-state index contributed by atoms with van der Waals surface area (Å²) >= 11 is 0. The molecule has 0 saturated heterocycles. The van der Waals surface area contributed by atoms with Gasteiger partial charge in [0.05, 0.1) is 0 Å². The van der Waals surface area contributed by atoms with Crippen LogP contribution in [0.25, 0.3) is 0 Å². The molecule has 83 heavy (non-hydrogen) atoms. The predicted molar refractivity (Wildman–Crippen MR) is 362 cm³/mol. The van der Waals surface area contributed by atoms with Crippen LogP contribution in [0.3, 0.4) is 0 Å². The number of rotatable bonds is 65. The Morgan fingerprint density at radius 1 is 0.253 bits per heavy atom. The van der Waals surface area contributed by atoms with Gasteiger partial charge in [-0.05, 0) is 103 Å². The maximum Gasteiger partial charge on any atom is 0.306 e. The maximum absolute atomic E-state index is 12.9. The lowest BCUT2D eigenvalue weighted by Gasteiger charge is -2.18. The zero-order valence-corrected chi connectivity index (χ0v) is 54.9. The van der Waals surface area contributed by atoms with Gasteiger partial charge in [-0.15, -0.1) is 0 Å². The first kappa shape index (κ1) is 79.3. The van der Waals surface area contributed by atoms with E-state index in [2.05, 4.69) is 118 Å². The van der Waals surface area contributed by atoms with Crippen LogP contribution >= 0.6 is 0 Å². The molecular weight excluding hydrogens is 1020 g/mol. The van der Waals surface area contributed by atoms with Gasteiger partial charge in [-0.2, -0.15) is 0 Å². The van der Waals surface area contributed by atoms with Crippen LogP contribution in [-0.4, -0.2) is 37.2 Å². The zero-order chi connectivity index (χ0) is 59.9. The lowest BCUT2D eigenvalue weighted by Crippen LogP contribution is -2.30. The molecule has 1 unspecified atom stereocenters. The molecule has 0 aromatic rings. The highest BCUT2D eigenvalue weighted by Gasteiger charge is 2.19. The molecule has 6 heteroatoms. The third-order valence-corrected chi connectivity index (χ3v) is 15.6. The summed E-state index contributed by atoms with van der Waals surface area (Å²) in [5.74, 6) is -0.903. The number of allylic oxidation sites excluding steroid dienone is 16. The topological polar surface area (TPSA) is 78.9 Å². The molecule has 0 saturated carbocycles. The van der Waals surface area contributed by atoms with Crippen molar-refractivity contribution < 1.29 is 28.6 Å². The molecule has 0 aromatic heterocycles.